The highest BCUT2D eigenvalue weighted by Crippen LogP contribution is 2.19. The van der Waals surface area contributed by atoms with Crippen molar-refractivity contribution in [2.24, 2.45) is 0 Å². The van der Waals surface area contributed by atoms with Gasteiger partial charge in [0, 0.05) is 12.0 Å². The Balaban J connectivity index is 2.96. The maximum atomic E-state index is 11.3. The van der Waals surface area contributed by atoms with E-state index in [1.807, 2.05) is 0 Å². The Morgan fingerprint density at radius 2 is 2.12 bits per heavy atom. The van der Waals surface area contributed by atoms with Gasteiger partial charge in [-0.15, -0.1) is 0 Å². The van der Waals surface area contributed by atoms with Crippen molar-refractivity contribution >= 4 is 18.0 Å². The number of aldehydes is 1. The summed E-state index contributed by atoms with van der Waals surface area (Å²) in [5.41, 5.74) is 0.596. The van der Waals surface area contributed by atoms with Crippen LogP contribution in [0.4, 0.5) is 0 Å². The summed E-state index contributed by atoms with van der Waals surface area (Å²) in [6, 6.07) is 4.37. The van der Waals surface area contributed by atoms with Crippen molar-refractivity contribution < 1.29 is 19.1 Å². The number of carbonyl (C=O) groups excluding carboxylic acids is 3. The van der Waals surface area contributed by atoms with Crippen molar-refractivity contribution in [3.05, 3.63) is 36.2 Å². The number of hydrogen-bond acceptors (Lipinski definition) is 4. The zero-order valence-corrected chi connectivity index (χ0v) is 9.56. The van der Waals surface area contributed by atoms with Gasteiger partial charge in [-0.3, -0.25) is 14.4 Å². The second kappa shape index (κ2) is 5.94. The highest BCUT2D eigenvalue weighted by molar-refractivity contribution is 5.96. The predicted octanol–water partition coefficient (Wildman–Crippen LogP) is 2.22. The molecule has 17 heavy (non-hydrogen) atoms. The molecule has 1 aromatic carbocycles. The molecule has 89 valence electrons. The van der Waals surface area contributed by atoms with Crippen molar-refractivity contribution in [3.8, 4) is 5.75 Å². The van der Waals surface area contributed by atoms with E-state index in [9.17, 15) is 14.4 Å². The van der Waals surface area contributed by atoms with Crippen LogP contribution in [0.15, 0.2) is 18.2 Å². The lowest BCUT2D eigenvalue weighted by Crippen LogP contribution is -2.09. The van der Waals surface area contributed by atoms with Gasteiger partial charge >= 0.3 is 5.97 Å². The summed E-state index contributed by atoms with van der Waals surface area (Å²) in [5.74, 6) is -0.425. The summed E-state index contributed by atoms with van der Waals surface area (Å²) in [6.45, 7) is 4.93. The van der Waals surface area contributed by atoms with Crippen LogP contribution >= 0.6 is 0 Å². The van der Waals surface area contributed by atoms with Gasteiger partial charge in [-0.25, -0.2) is 0 Å². The molecule has 0 fully saturated rings. The quantitative estimate of drug-likeness (QED) is 0.338. The SMILES string of the molecule is [CH2]CCC(=O)Oc1ccc(C(C)=O)cc1C=O. The Kier molecular flexibility index (Phi) is 4.57. The van der Waals surface area contributed by atoms with Gasteiger partial charge in [0.25, 0.3) is 0 Å². The Labute approximate surface area is 99.6 Å². The Hall–Kier alpha value is -1.97. The van der Waals surface area contributed by atoms with E-state index in [0.29, 0.717) is 18.3 Å². The fourth-order valence-electron chi connectivity index (χ4n) is 1.27. The number of hydrogen-bond donors (Lipinski definition) is 0. The largest absolute Gasteiger partial charge is 0.426 e. The molecule has 1 aromatic rings. The van der Waals surface area contributed by atoms with Crippen LogP contribution < -0.4 is 4.74 Å². The maximum Gasteiger partial charge on any atom is 0.311 e. The maximum absolute atomic E-state index is 11.3. The molecule has 0 saturated heterocycles. The molecule has 0 N–H and O–H groups in total. The van der Waals surface area contributed by atoms with E-state index >= 15 is 0 Å². The van der Waals surface area contributed by atoms with E-state index in [2.05, 4.69) is 6.92 Å². The molecule has 4 heteroatoms. The van der Waals surface area contributed by atoms with Crippen LogP contribution in [0.25, 0.3) is 0 Å². The summed E-state index contributed by atoms with van der Waals surface area (Å²) >= 11 is 0. The standard InChI is InChI=1S/C13H13O4/c1-3-4-13(16)17-12-6-5-10(9(2)15)7-11(12)8-14/h5-8H,1,3-4H2,2H3. The molecule has 0 bridgehead atoms. The molecule has 1 rings (SSSR count). The smallest absolute Gasteiger partial charge is 0.311 e. The molecule has 4 nitrogen and oxygen atoms in total. The van der Waals surface area contributed by atoms with Crippen molar-refractivity contribution in [2.45, 2.75) is 19.8 Å². The lowest BCUT2D eigenvalue weighted by Gasteiger charge is -2.06. The molecule has 0 heterocycles. The second-order valence-electron chi connectivity index (χ2n) is 3.50. The Bertz CT molecular complexity index is 449. The van der Waals surface area contributed by atoms with E-state index in [1.165, 1.54) is 25.1 Å². The summed E-state index contributed by atoms with van der Waals surface area (Å²) in [4.78, 5) is 33.2. The normalized spacial score (nSPS) is 9.76. The van der Waals surface area contributed by atoms with Gasteiger partial charge in [0.15, 0.2) is 12.1 Å². The molecule has 1 radical (unpaired) electrons. The predicted molar refractivity (Wildman–Crippen MR) is 62.1 cm³/mol. The third-order valence-electron chi connectivity index (χ3n) is 2.15. The van der Waals surface area contributed by atoms with E-state index < -0.39 is 5.97 Å². The monoisotopic (exact) mass is 233 g/mol. The lowest BCUT2D eigenvalue weighted by atomic mass is 10.1. The lowest BCUT2D eigenvalue weighted by molar-refractivity contribution is -0.134. The zero-order valence-electron chi connectivity index (χ0n) is 9.56. The van der Waals surface area contributed by atoms with Gasteiger partial charge in [0.05, 0.1) is 5.56 Å². The first-order valence-electron chi connectivity index (χ1n) is 5.18. The van der Waals surface area contributed by atoms with Crippen molar-refractivity contribution in [1.82, 2.24) is 0 Å². The first-order chi connectivity index (χ1) is 8.08. The number of ketones is 1. The third-order valence-corrected chi connectivity index (χ3v) is 2.15. The highest BCUT2D eigenvalue weighted by Gasteiger charge is 2.10. The molecule has 0 spiro atoms. The molecular weight excluding hydrogens is 220 g/mol. The molecule has 0 amide bonds. The average molecular weight is 233 g/mol. The summed E-state index contributed by atoms with van der Waals surface area (Å²) in [5, 5.41) is 0. The van der Waals surface area contributed by atoms with E-state index in [1.54, 1.807) is 0 Å². The van der Waals surface area contributed by atoms with E-state index in [4.69, 9.17) is 4.74 Å². The number of benzene rings is 1. The summed E-state index contributed by atoms with van der Waals surface area (Å²) in [7, 11) is 0. The van der Waals surface area contributed by atoms with Gasteiger partial charge < -0.3 is 4.74 Å². The molecule has 0 atom stereocenters. The molecule has 0 aliphatic rings. The number of rotatable bonds is 5. The van der Waals surface area contributed by atoms with Crippen molar-refractivity contribution in [2.75, 3.05) is 0 Å². The molecule has 0 unspecified atom stereocenters. The van der Waals surface area contributed by atoms with Crippen LogP contribution in [0.2, 0.25) is 0 Å². The fourth-order valence-corrected chi connectivity index (χ4v) is 1.27. The van der Waals surface area contributed by atoms with E-state index in [-0.39, 0.29) is 23.5 Å². The van der Waals surface area contributed by atoms with Gasteiger partial charge in [-0.05, 0) is 31.5 Å². The molecule has 0 aliphatic heterocycles. The van der Waals surface area contributed by atoms with Gasteiger partial charge in [0.2, 0.25) is 0 Å². The number of Topliss-reactive ketones (excluding diaryl/α,β-unsaturated/α-hetero) is 1. The molecule has 0 saturated carbocycles. The first-order valence-corrected chi connectivity index (χ1v) is 5.18. The van der Waals surface area contributed by atoms with Crippen molar-refractivity contribution in [3.63, 3.8) is 0 Å². The van der Waals surface area contributed by atoms with Crippen LogP contribution in [-0.4, -0.2) is 18.0 Å². The number of esters is 1. The first kappa shape index (κ1) is 13.1. The molecular formula is C13H13O4. The Morgan fingerprint density at radius 1 is 1.41 bits per heavy atom. The van der Waals surface area contributed by atoms with Crippen LogP contribution in [0, 0.1) is 6.92 Å². The summed E-state index contributed by atoms with van der Waals surface area (Å²) < 4.78 is 4.99. The van der Waals surface area contributed by atoms with Crippen LogP contribution in [0.3, 0.4) is 0 Å². The van der Waals surface area contributed by atoms with Gasteiger partial charge in [-0.1, -0.05) is 6.92 Å². The number of carbonyl (C=O) groups is 3. The van der Waals surface area contributed by atoms with Gasteiger partial charge in [0.1, 0.15) is 5.75 Å². The molecule has 0 aromatic heterocycles. The summed E-state index contributed by atoms with van der Waals surface area (Å²) in [6.07, 6.45) is 1.17. The minimum Gasteiger partial charge on any atom is -0.426 e. The second-order valence-corrected chi connectivity index (χ2v) is 3.50. The van der Waals surface area contributed by atoms with Crippen LogP contribution in [0.1, 0.15) is 40.5 Å². The Morgan fingerprint density at radius 3 is 2.65 bits per heavy atom. The number of ether oxygens (including phenoxy) is 1. The molecule has 0 aliphatic carbocycles. The minimum atomic E-state index is -0.446. The minimum absolute atomic E-state index is 0.149. The third kappa shape index (κ3) is 3.52. The van der Waals surface area contributed by atoms with Crippen molar-refractivity contribution in [1.29, 1.82) is 0 Å². The van der Waals surface area contributed by atoms with Crippen LogP contribution in [-0.2, 0) is 4.79 Å². The fraction of sp³-hybridized carbons (Fsp3) is 0.231. The van der Waals surface area contributed by atoms with Gasteiger partial charge in [-0.2, -0.15) is 0 Å². The highest BCUT2D eigenvalue weighted by atomic mass is 16.5. The average Bonchev–Trinajstić information content (AvgIpc) is 2.29. The zero-order chi connectivity index (χ0) is 12.8. The van der Waals surface area contributed by atoms with E-state index in [0.717, 1.165) is 0 Å². The van der Waals surface area contributed by atoms with Crippen LogP contribution in [0.5, 0.6) is 5.75 Å². The topological polar surface area (TPSA) is 60.4 Å².